The van der Waals surface area contributed by atoms with Gasteiger partial charge in [0.15, 0.2) is 12.2 Å². The highest BCUT2D eigenvalue weighted by molar-refractivity contribution is 7.09. The van der Waals surface area contributed by atoms with E-state index in [4.69, 9.17) is 0 Å². The van der Waals surface area contributed by atoms with Gasteiger partial charge in [0, 0.05) is 12.5 Å². The first-order chi connectivity index (χ1) is 12.2. The molecule has 150 valence electrons. The van der Waals surface area contributed by atoms with Crippen molar-refractivity contribution in [1.82, 2.24) is 0 Å². The van der Waals surface area contributed by atoms with Crippen LogP contribution in [0, 0.1) is 6.92 Å². The molecular formula is C22H34NO3S+. The summed E-state index contributed by atoms with van der Waals surface area (Å²) in [6.45, 7) is 16.7. The lowest BCUT2D eigenvalue weighted by Gasteiger charge is -2.33. The summed E-state index contributed by atoms with van der Waals surface area (Å²) in [5.41, 5.74) is 5.20. The molecule has 0 aliphatic rings. The lowest BCUT2D eigenvalue weighted by molar-refractivity contribution is -0.706. The minimum atomic E-state index is -0.707. The van der Waals surface area contributed by atoms with Crippen LogP contribution in [-0.4, -0.2) is 15.3 Å². The second-order valence-electron chi connectivity index (χ2n) is 9.44. The molecule has 0 aliphatic heterocycles. The summed E-state index contributed by atoms with van der Waals surface area (Å²) in [5, 5.41) is 31.6. The van der Waals surface area contributed by atoms with Crippen molar-refractivity contribution in [3.8, 4) is 5.75 Å². The molecule has 2 atom stereocenters. The SMILES string of the molecule is Cc1c(C(C)O)sc[n+]1CC(O)c1ccc(O)c(C(C)(C)C)c1C(C)(C)C. The van der Waals surface area contributed by atoms with E-state index in [-0.39, 0.29) is 16.6 Å². The maximum absolute atomic E-state index is 11.1. The standard InChI is InChI=1S/C22H33NO3S/c1-13-20(14(2)24)27-12-23(13)11-17(26)15-9-10-16(25)19(22(6,7)8)18(15)21(3,4)5/h9-10,12,14,17,24,26H,11H2,1-8H3/p+1. The summed E-state index contributed by atoms with van der Waals surface area (Å²) < 4.78 is 1.99. The van der Waals surface area contributed by atoms with Crippen molar-refractivity contribution in [3.63, 3.8) is 0 Å². The largest absolute Gasteiger partial charge is 0.508 e. The molecule has 0 fully saturated rings. The lowest BCUT2D eigenvalue weighted by atomic mass is 9.72. The lowest BCUT2D eigenvalue weighted by Crippen LogP contribution is -2.38. The number of hydrogen-bond acceptors (Lipinski definition) is 4. The van der Waals surface area contributed by atoms with Crippen LogP contribution in [0.1, 0.15) is 87.9 Å². The molecule has 2 rings (SSSR count). The van der Waals surface area contributed by atoms with Crippen molar-refractivity contribution in [3.05, 3.63) is 44.9 Å². The quantitative estimate of drug-likeness (QED) is 0.674. The van der Waals surface area contributed by atoms with E-state index in [2.05, 4.69) is 41.5 Å². The average molecular weight is 393 g/mol. The van der Waals surface area contributed by atoms with Crippen LogP contribution in [0.15, 0.2) is 17.6 Å². The molecule has 0 saturated heterocycles. The first-order valence-corrected chi connectivity index (χ1v) is 10.3. The Morgan fingerprint density at radius 3 is 2.00 bits per heavy atom. The minimum absolute atomic E-state index is 0.225. The number of thiazole rings is 1. The van der Waals surface area contributed by atoms with E-state index in [1.165, 1.54) is 11.3 Å². The molecule has 0 radical (unpaired) electrons. The summed E-state index contributed by atoms with van der Waals surface area (Å²) in [5.74, 6) is 0.277. The topological polar surface area (TPSA) is 64.6 Å². The fourth-order valence-corrected chi connectivity index (χ4v) is 4.71. The molecular weight excluding hydrogens is 358 g/mol. The molecule has 0 amide bonds. The van der Waals surface area contributed by atoms with Crippen molar-refractivity contribution in [2.45, 2.75) is 85.0 Å². The number of phenols is 1. The highest BCUT2D eigenvalue weighted by Gasteiger charge is 2.33. The Morgan fingerprint density at radius 1 is 1.00 bits per heavy atom. The summed E-state index contributed by atoms with van der Waals surface area (Å²) in [6, 6.07) is 3.54. The van der Waals surface area contributed by atoms with E-state index >= 15 is 0 Å². The number of phenolic OH excluding ortho intramolecular Hbond substituents is 1. The Labute approximate surface area is 167 Å². The zero-order valence-corrected chi connectivity index (χ0v) is 18.6. The molecule has 0 aliphatic carbocycles. The molecule has 2 unspecified atom stereocenters. The van der Waals surface area contributed by atoms with Gasteiger partial charge in [-0.25, -0.2) is 0 Å². The molecule has 3 N–H and O–H groups in total. The van der Waals surface area contributed by atoms with Crippen molar-refractivity contribution in [1.29, 1.82) is 0 Å². The van der Waals surface area contributed by atoms with Crippen molar-refractivity contribution < 1.29 is 19.9 Å². The normalized spacial score (nSPS) is 15.0. The van der Waals surface area contributed by atoms with Gasteiger partial charge < -0.3 is 15.3 Å². The van der Waals surface area contributed by atoms with Crippen molar-refractivity contribution in [2.24, 2.45) is 0 Å². The predicted molar refractivity (Wildman–Crippen MR) is 110 cm³/mol. The summed E-state index contributed by atoms with van der Waals surface area (Å²) in [6.07, 6.45) is -1.22. The fourth-order valence-electron chi connectivity index (χ4n) is 3.74. The van der Waals surface area contributed by atoms with Crippen LogP contribution in [0.3, 0.4) is 0 Å². The monoisotopic (exact) mass is 392 g/mol. The van der Waals surface area contributed by atoms with Crippen LogP contribution in [0.4, 0.5) is 0 Å². The van der Waals surface area contributed by atoms with Crippen LogP contribution in [0.25, 0.3) is 0 Å². The number of aromatic hydroxyl groups is 1. The maximum atomic E-state index is 11.1. The smallest absolute Gasteiger partial charge is 0.225 e. The first-order valence-electron chi connectivity index (χ1n) is 9.45. The third-order valence-corrected chi connectivity index (χ3v) is 6.17. The Hall–Kier alpha value is -1.43. The van der Waals surface area contributed by atoms with E-state index in [1.807, 2.05) is 23.1 Å². The molecule has 4 nitrogen and oxygen atoms in total. The molecule has 0 spiro atoms. The molecule has 5 heteroatoms. The number of benzene rings is 1. The second-order valence-corrected chi connectivity index (χ2v) is 10.3. The van der Waals surface area contributed by atoms with Gasteiger partial charge in [0.1, 0.15) is 16.7 Å². The van der Waals surface area contributed by atoms with Gasteiger partial charge in [-0.1, -0.05) is 58.9 Å². The first kappa shape index (κ1) is 21.9. The number of rotatable bonds is 4. The Kier molecular flexibility index (Phi) is 6.10. The Balaban J connectivity index is 2.55. The second kappa shape index (κ2) is 7.53. The number of nitrogens with zero attached hydrogens (tertiary/aromatic N) is 1. The van der Waals surface area contributed by atoms with Gasteiger partial charge in [0.05, 0.1) is 6.10 Å². The summed E-state index contributed by atoms with van der Waals surface area (Å²) in [7, 11) is 0. The Morgan fingerprint density at radius 2 is 1.56 bits per heavy atom. The summed E-state index contributed by atoms with van der Waals surface area (Å²) >= 11 is 1.50. The highest BCUT2D eigenvalue weighted by atomic mass is 32.1. The number of aliphatic hydroxyl groups is 2. The molecule has 2 aromatic rings. The number of aliphatic hydroxyl groups excluding tert-OH is 2. The number of hydrogen-bond donors (Lipinski definition) is 3. The number of aromatic nitrogens is 1. The highest BCUT2D eigenvalue weighted by Crippen LogP contribution is 2.43. The Bertz CT molecular complexity index is 810. The van der Waals surface area contributed by atoms with Crippen LogP contribution in [0.5, 0.6) is 5.75 Å². The van der Waals surface area contributed by atoms with Crippen molar-refractivity contribution in [2.75, 3.05) is 0 Å². The zero-order valence-electron chi connectivity index (χ0n) is 17.8. The van der Waals surface area contributed by atoms with E-state index in [1.54, 1.807) is 13.0 Å². The van der Waals surface area contributed by atoms with Gasteiger partial charge in [0.2, 0.25) is 5.51 Å². The molecule has 27 heavy (non-hydrogen) atoms. The summed E-state index contributed by atoms with van der Waals surface area (Å²) in [4.78, 5) is 0.916. The van der Waals surface area contributed by atoms with Gasteiger partial charge in [0.25, 0.3) is 0 Å². The van der Waals surface area contributed by atoms with E-state index in [0.29, 0.717) is 6.54 Å². The van der Waals surface area contributed by atoms with E-state index < -0.39 is 12.2 Å². The predicted octanol–water partition coefficient (Wildman–Crippen LogP) is 4.43. The third kappa shape index (κ3) is 4.53. The third-order valence-electron chi connectivity index (χ3n) is 4.92. The van der Waals surface area contributed by atoms with Crippen molar-refractivity contribution >= 4 is 11.3 Å². The van der Waals surface area contributed by atoms with Gasteiger partial charge in [-0.15, -0.1) is 0 Å². The van der Waals surface area contributed by atoms with Crippen LogP contribution < -0.4 is 4.57 Å². The minimum Gasteiger partial charge on any atom is -0.508 e. The van der Waals surface area contributed by atoms with Gasteiger partial charge in [-0.3, -0.25) is 0 Å². The van der Waals surface area contributed by atoms with E-state index in [0.717, 1.165) is 27.3 Å². The van der Waals surface area contributed by atoms with Crippen LogP contribution in [0.2, 0.25) is 0 Å². The fraction of sp³-hybridized carbons (Fsp3) is 0.591. The van der Waals surface area contributed by atoms with Crippen LogP contribution in [-0.2, 0) is 17.4 Å². The van der Waals surface area contributed by atoms with E-state index in [9.17, 15) is 15.3 Å². The molecule has 0 saturated carbocycles. The zero-order chi connectivity index (χ0) is 20.7. The molecule has 1 aromatic carbocycles. The van der Waals surface area contributed by atoms with Crippen LogP contribution >= 0.6 is 11.3 Å². The molecule has 0 bridgehead atoms. The van der Waals surface area contributed by atoms with Gasteiger partial charge in [-0.05, 0) is 34.9 Å². The van der Waals surface area contributed by atoms with Gasteiger partial charge in [-0.2, -0.15) is 4.57 Å². The molecule has 1 aromatic heterocycles. The molecule has 1 heterocycles. The van der Waals surface area contributed by atoms with Gasteiger partial charge >= 0.3 is 0 Å². The maximum Gasteiger partial charge on any atom is 0.225 e. The average Bonchev–Trinajstić information content (AvgIpc) is 2.85.